The van der Waals surface area contributed by atoms with Crippen LogP contribution in [-0.4, -0.2) is 29.3 Å². The van der Waals surface area contributed by atoms with Crippen molar-refractivity contribution in [3.05, 3.63) is 48.3 Å². The Morgan fingerprint density at radius 2 is 2.17 bits per heavy atom. The molecule has 0 saturated carbocycles. The Labute approximate surface area is 106 Å². The number of hydrogen-bond donors (Lipinski definition) is 2. The van der Waals surface area contributed by atoms with E-state index in [0.717, 1.165) is 11.3 Å². The maximum atomic E-state index is 11.6. The maximum Gasteiger partial charge on any atom is 0.238 e. The van der Waals surface area contributed by atoms with Crippen LogP contribution >= 0.6 is 0 Å². The highest BCUT2D eigenvalue weighted by Gasteiger charge is 2.06. The number of aromatic nitrogens is 2. The van der Waals surface area contributed by atoms with Crippen molar-refractivity contribution in [3.63, 3.8) is 0 Å². The van der Waals surface area contributed by atoms with Crippen molar-refractivity contribution in [1.29, 1.82) is 0 Å². The number of rotatable bonds is 5. The molecule has 0 spiro atoms. The Morgan fingerprint density at radius 1 is 1.33 bits per heavy atom. The van der Waals surface area contributed by atoms with Gasteiger partial charge in [-0.05, 0) is 24.7 Å². The summed E-state index contributed by atoms with van der Waals surface area (Å²) in [6.45, 7) is 0.944. The highest BCUT2D eigenvalue weighted by atomic mass is 16.1. The van der Waals surface area contributed by atoms with Crippen LogP contribution in [0.25, 0.3) is 0 Å². The minimum Gasteiger partial charge on any atom is -0.325 e. The zero-order chi connectivity index (χ0) is 12.8. The first-order valence-corrected chi connectivity index (χ1v) is 5.79. The van der Waals surface area contributed by atoms with Gasteiger partial charge in [-0.25, -0.2) is 0 Å². The van der Waals surface area contributed by atoms with Crippen molar-refractivity contribution in [3.8, 4) is 0 Å². The lowest BCUT2D eigenvalue weighted by atomic mass is 10.1. The topological polar surface area (TPSA) is 59.0 Å². The summed E-state index contributed by atoms with van der Waals surface area (Å²) in [7, 11) is 1.75. The van der Waals surface area contributed by atoms with E-state index in [2.05, 4.69) is 15.7 Å². The van der Waals surface area contributed by atoms with Crippen LogP contribution < -0.4 is 10.6 Å². The van der Waals surface area contributed by atoms with Gasteiger partial charge in [0.15, 0.2) is 0 Å². The highest BCUT2D eigenvalue weighted by Crippen LogP contribution is 2.15. The van der Waals surface area contributed by atoms with Crippen LogP contribution in [0.2, 0.25) is 0 Å². The second-order valence-corrected chi connectivity index (χ2v) is 3.94. The molecule has 1 aromatic heterocycles. The second kappa shape index (κ2) is 5.97. The molecule has 5 heteroatoms. The molecule has 0 atom stereocenters. The molecular weight excluding hydrogens is 228 g/mol. The van der Waals surface area contributed by atoms with Crippen LogP contribution in [0.5, 0.6) is 0 Å². The molecule has 0 aliphatic heterocycles. The molecule has 2 aromatic rings. The predicted molar refractivity (Wildman–Crippen MR) is 70.3 cm³/mol. The monoisotopic (exact) mass is 244 g/mol. The quantitative estimate of drug-likeness (QED) is 0.827. The fraction of sp³-hybridized carbons (Fsp3) is 0.231. The lowest BCUT2D eigenvalue weighted by molar-refractivity contribution is -0.115. The van der Waals surface area contributed by atoms with Gasteiger partial charge in [-0.3, -0.25) is 9.48 Å². The molecule has 1 amide bonds. The number of amides is 1. The zero-order valence-corrected chi connectivity index (χ0v) is 10.3. The number of nitrogens with one attached hydrogen (secondary N) is 2. The lowest BCUT2D eigenvalue weighted by Gasteiger charge is -2.11. The Balaban J connectivity index is 2.12. The van der Waals surface area contributed by atoms with E-state index in [1.165, 1.54) is 0 Å². The molecule has 0 saturated heterocycles. The number of hydrogen-bond acceptors (Lipinski definition) is 3. The highest BCUT2D eigenvalue weighted by molar-refractivity contribution is 5.92. The molecule has 0 fully saturated rings. The molecule has 0 bridgehead atoms. The maximum absolute atomic E-state index is 11.6. The van der Waals surface area contributed by atoms with Crippen LogP contribution in [-0.2, 0) is 11.3 Å². The fourth-order valence-electron chi connectivity index (χ4n) is 1.70. The van der Waals surface area contributed by atoms with Crippen LogP contribution in [0.1, 0.15) is 5.56 Å². The Kier molecular flexibility index (Phi) is 4.09. The number of carbonyl (C=O) groups excluding carboxylic acids is 1. The number of benzene rings is 1. The first-order valence-electron chi connectivity index (χ1n) is 5.79. The third-order valence-electron chi connectivity index (χ3n) is 2.52. The molecular formula is C13H16N4O. The standard InChI is InChI=1S/C13H16N4O/c1-14-9-13(18)16-12-6-3-2-5-11(12)10-17-8-4-7-15-17/h2-8,14H,9-10H2,1H3,(H,16,18). The molecule has 0 unspecified atom stereocenters. The van der Waals surface area contributed by atoms with Crippen LogP contribution in [0, 0.1) is 0 Å². The second-order valence-electron chi connectivity index (χ2n) is 3.94. The van der Waals surface area contributed by atoms with Gasteiger partial charge in [0.25, 0.3) is 0 Å². The van der Waals surface area contributed by atoms with E-state index in [1.807, 2.05) is 41.2 Å². The van der Waals surface area contributed by atoms with E-state index in [4.69, 9.17) is 0 Å². The summed E-state index contributed by atoms with van der Waals surface area (Å²) in [5, 5.41) is 9.86. The van der Waals surface area contributed by atoms with E-state index in [1.54, 1.807) is 13.2 Å². The third kappa shape index (κ3) is 3.18. The molecule has 0 aliphatic rings. The van der Waals surface area contributed by atoms with Gasteiger partial charge in [0.1, 0.15) is 0 Å². The van der Waals surface area contributed by atoms with Crippen LogP contribution in [0.15, 0.2) is 42.7 Å². The fourth-order valence-corrected chi connectivity index (χ4v) is 1.70. The molecule has 1 aromatic carbocycles. The van der Waals surface area contributed by atoms with Gasteiger partial charge >= 0.3 is 0 Å². The number of carbonyl (C=O) groups is 1. The minimum absolute atomic E-state index is 0.0505. The van der Waals surface area contributed by atoms with Crippen molar-refractivity contribution in [1.82, 2.24) is 15.1 Å². The van der Waals surface area contributed by atoms with E-state index >= 15 is 0 Å². The predicted octanol–water partition coefficient (Wildman–Crippen LogP) is 1.09. The first-order chi connectivity index (χ1) is 8.79. The van der Waals surface area contributed by atoms with Gasteiger partial charge in [-0.2, -0.15) is 5.10 Å². The van der Waals surface area contributed by atoms with Crippen molar-refractivity contribution < 1.29 is 4.79 Å². The molecule has 18 heavy (non-hydrogen) atoms. The van der Waals surface area contributed by atoms with Gasteiger partial charge in [0, 0.05) is 18.1 Å². The number of nitrogens with zero attached hydrogens (tertiary/aromatic N) is 2. The molecule has 94 valence electrons. The normalized spacial score (nSPS) is 10.3. The number of para-hydroxylation sites is 1. The zero-order valence-electron chi connectivity index (χ0n) is 10.3. The van der Waals surface area contributed by atoms with E-state index in [9.17, 15) is 4.79 Å². The van der Waals surface area contributed by atoms with Crippen molar-refractivity contribution >= 4 is 11.6 Å². The van der Waals surface area contributed by atoms with Crippen LogP contribution in [0.4, 0.5) is 5.69 Å². The van der Waals surface area contributed by atoms with E-state index < -0.39 is 0 Å². The Bertz CT molecular complexity index is 507. The van der Waals surface area contributed by atoms with Crippen molar-refractivity contribution in [2.75, 3.05) is 18.9 Å². The SMILES string of the molecule is CNCC(=O)Nc1ccccc1Cn1cccn1. The summed E-state index contributed by atoms with van der Waals surface area (Å²) in [5.41, 5.74) is 1.86. The Hall–Kier alpha value is -2.14. The minimum atomic E-state index is -0.0505. The van der Waals surface area contributed by atoms with Gasteiger partial charge in [0.2, 0.25) is 5.91 Å². The van der Waals surface area contributed by atoms with Gasteiger partial charge in [-0.1, -0.05) is 18.2 Å². The average molecular weight is 244 g/mol. The third-order valence-corrected chi connectivity index (χ3v) is 2.52. The van der Waals surface area contributed by atoms with Gasteiger partial charge < -0.3 is 10.6 Å². The smallest absolute Gasteiger partial charge is 0.238 e. The summed E-state index contributed by atoms with van der Waals surface area (Å²) >= 11 is 0. The van der Waals surface area contributed by atoms with E-state index in [0.29, 0.717) is 13.1 Å². The summed E-state index contributed by atoms with van der Waals surface area (Å²) in [4.78, 5) is 11.6. The largest absolute Gasteiger partial charge is 0.325 e. The van der Waals surface area contributed by atoms with E-state index in [-0.39, 0.29) is 5.91 Å². The summed E-state index contributed by atoms with van der Waals surface area (Å²) in [6.07, 6.45) is 3.63. The molecule has 0 aliphatic carbocycles. The van der Waals surface area contributed by atoms with Gasteiger partial charge in [0.05, 0.1) is 13.1 Å². The van der Waals surface area contributed by atoms with Gasteiger partial charge in [-0.15, -0.1) is 0 Å². The molecule has 2 rings (SSSR count). The van der Waals surface area contributed by atoms with Crippen LogP contribution in [0.3, 0.4) is 0 Å². The number of anilines is 1. The number of likely N-dealkylation sites (N-methyl/N-ethyl adjacent to an activating group) is 1. The van der Waals surface area contributed by atoms with Crippen molar-refractivity contribution in [2.45, 2.75) is 6.54 Å². The molecule has 0 radical (unpaired) electrons. The molecule has 5 nitrogen and oxygen atoms in total. The Morgan fingerprint density at radius 3 is 2.89 bits per heavy atom. The molecule has 1 heterocycles. The van der Waals surface area contributed by atoms with Crippen molar-refractivity contribution in [2.24, 2.45) is 0 Å². The lowest BCUT2D eigenvalue weighted by Crippen LogP contribution is -2.25. The summed E-state index contributed by atoms with van der Waals surface area (Å²) in [5.74, 6) is -0.0505. The molecule has 2 N–H and O–H groups in total. The average Bonchev–Trinajstić information content (AvgIpc) is 2.85. The first kappa shape index (κ1) is 12.3. The summed E-state index contributed by atoms with van der Waals surface area (Å²) in [6, 6.07) is 9.61. The summed E-state index contributed by atoms with van der Waals surface area (Å²) < 4.78 is 1.82.